The highest BCUT2D eigenvalue weighted by Crippen LogP contribution is 2.30. The Morgan fingerprint density at radius 2 is 1.03 bits per heavy atom. The Bertz CT molecular complexity index is 1040. The number of hydrogen-bond donors (Lipinski definition) is 2. The molecule has 0 aromatic carbocycles. The Hall–Kier alpha value is -2.10. The maximum absolute atomic E-state index is 11.9. The molecule has 0 amide bonds. The van der Waals surface area contributed by atoms with Gasteiger partial charge in [-0.2, -0.15) is 0 Å². The van der Waals surface area contributed by atoms with Gasteiger partial charge >= 0.3 is 0 Å². The standard InChI is InChI=1S/2C14H23NO/c1-9-10(13(2,3)4)8-15-12(16)11(9)14(5,6)7;1-9-10(13(2,3)4)8-11(12(16)15-9)14(5,6)7/h2*8H,1-7H3,(H,15,16). The van der Waals surface area contributed by atoms with Crippen LogP contribution in [0.3, 0.4) is 0 Å². The summed E-state index contributed by atoms with van der Waals surface area (Å²) < 4.78 is 0. The lowest BCUT2D eigenvalue weighted by Crippen LogP contribution is -2.29. The molecule has 0 saturated carbocycles. The zero-order valence-corrected chi connectivity index (χ0v) is 23.0. The fourth-order valence-electron chi connectivity index (χ4n) is 4.26. The normalized spacial score (nSPS) is 12.9. The molecular weight excluding hydrogens is 396 g/mol. The maximum Gasteiger partial charge on any atom is 0.251 e. The number of aryl methyl sites for hydroxylation is 1. The molecular formula is C28H46N2O2. The quantitative estimate of drug-likeness (QED) is 0.485. The first-order valence-corrected chi connectivity index (χ1v) is 11.6. The first-order chi connectivity index (χ1) is 14.1. The molecule has 0 aliphatic heterocycles. The summed E-state index contributed by atoms with van der Waals surface area (Å²) in [7, 11) is 0. The summed E-state index contributed by atoms with van der Waals surface area (Å²) in [5.41, 5.74) is 6.30. The predicted octanol–water partition coefficient (Wildman–Crippen LogP) is 6.56. The van der Waals surface area contributed by atoms with Gasteiger partial charge in [0.15, 0.2) is 0 Å². The van der Waals surface area contributed by atoms with Crippen molar-refractivity contribution in [2.75, 3.05) is 0 Å². The molecule has 2 N–H and O–H groups in total. The lowest BCUT2D eigenvalue weighted by molar-refractivity contribution is 0.551. The highest BCUT2D eigenvalue weighted by Gasteiger charge is 2.26. The molecule has 2 heterocycles. The van der Waals surface area contributed by atoms with E-state index in [1.54, 1.807) is 0 Å². The van der Waals surface area contributed by atoms with Crippen molar-refractivity contribution in [3.05, 3.63) is 66.5 Å². The third-order valence-electron chi connectivity index (χ3n) is 5.77. The van der Waals surface area contributed by atoms with E-state index in [9.17, 15) is 9.59 Å². The minimum Gasteiger partial charge on any atom is -0.329 e. The molecule has 0 atom stereocenters. The Kier molecular flexibility index (Phi) is 7.89. The van der Waals surface area contributed by atoms with Crippen LogP contribution in [0, 0.1) is 13.8 Å². The highest BCUT2D eigenvalue weighted by atomic mass is 16.1. The molecule has 0 unspecified atom stereocenters. The Morgan fingerprint density at radius 1 is 0.594 bits per heavy atom. The summed E-state index contributed by atoms with van der Waals surface area (Å²) in [4.78, 5) is 29.7. The first kappa shape index (κ1) is 27.9. The summed E-state index contributed by atoms with van der Waals surface area (Å²) in [6.45, 7) is 29.5. The van der Waals surface area contributed by atoms with Crippen LogP contribution in [0.4, 0.5) is 0 Å². The molecule has 4 heteroatoms. The Balaban J connectivity index is 0.000000320. The molecule has 2 aromatic rings. The monoisotopic (exact) mass is 442 g/mol. The second kappa shape index (κ2) is 9.03. The van der Waals surface area contributed by atoms with E-state index < -0.39 is 0 Å². The molecule has 0 bridgehead atoms. The molecule has 0 aliphatic carbocycles. The Morgan fingerprint density at radius 3 is 1.41 bits per heavy atom. The van der Waals surface area contributed by atoms with Crippen LogP contribution < -0.4 is 11.1 Å². The molecule has 0 aliphatic rings. The molecule has 0 spiro atoms. The molecule has 2 rings (SSSR count). The van der Waals surface area contributed by atoms with E-state index >= 15 is 0 Å². The van der Waals surface area contributed by atoms with Crippen LogP contribution in [0.25, 0.3) is 0 Å². The summed E-state index contributed by atoms with van der Waals surface area (Å²) in [5.74, 6) is 0. The molecule has 32 heavy (non-hydrogen) atoms. The molecule has 0 fully saturated rings. The fraction of sp³-hybridized carbons (Fsp3) is 0.643. The number of aromatic amines is 2. The lowest BCUT2D eigenvalue weighted by atomic mass is 9.78. The predicted molar refractivity (Wildman–Crippen MR) is 138 cm³/mol. The fourth-order valence-corrected chi connectivity index (χ4v) is 4.26. The van der Waals surface area contributed by atoms with Crippen molar-refractivity contribution in [3.8, 4) is 0 Å². The molecule has 180 valence electrons. The van der Waals surface area contributed by atoms with Gasteiger partial charge in [-0.15, -0.1) is 0 Å². The van der Waals surface area contributed by atoms with Crippen molar-refractivity contribution in [1.82, 2.24) is 9.97 Å². The topological polar surface area (TPSA) is 65.7 Å². The van der Waals surface area contributed by atoms with Crippen molar-refractivity contribution in [2.24, 2.45) is 0 Å². The number of aromatic nitrogens is 2. The van der Waals surface area contributed by atoms with E-state index in [1.807, 2.05) is 13.1 Å². The smallest absolute Gasteiger partial charge is 0.251 e. The second-order valence-corrected chi connectivity index (χ2v) is 13.1. The maximum atomic E-state index is 11.9. The van der Waals surface area contributed by atoms with Crippen LogP contribution in [0.5, 0.6) is 0 Å². The summed E-state index contributed by atoms with van der Waals surface area (Å²) >= 11 is 0. The van der Waals surface area contributed by atoms with E-state index in [1.165, 1.54) is 11.1 Å². The van der Waals surface area contributed by atoms with E-state index in [4.69, 9.17) is 0 Å². The van der Waals surface area contributed by atoms with Crippen LogP contribution in [-0.4, -0.2) is 9.97 Å². The number of H-pyrrole nitrogens is 2. The van der Waals surface area contributed by atoms with Crippen LogP contribution in [0.15, 0.2) is 21.9 Å². The van der Waals surface area contributed by atoms with E-state index in [0.29, 0.717) is 0 Å². The number of nitrogens with one attached hydrogen (secondary N) is 2. The second-order valence-electron chi connectivity index (χ2n) is 13.1. The average Bonchev–Trinajstić information content (AvgIpc) is 2.50. The number of rotatable bonds is 0. The van der Waals surface area contributed by atoms with Gasteiger partial charge in [-0.05, 0) is 58.3 Å². The van der Waals surface area contributed by atoms with Gasteiger partial charge in [-0.1, -0.05) is 83.1 Å². The minimum absolute atomic E-state index is 0.0398. The van der Waals surface area contributed by atoms with Gasteiger partial charge in [0.25, 0.3) is 11.1 Å². The molecule has 0 radical (unpaired) electrons. The van der Waals surface area contributed by atoms with Gasteiger partial charge in [-0.3, -0.25) is 9.59 Å². The van der Waals surface area contributed by atoms with E-state index in [-0.39, 0.29) is 32.8 Å². The molecule has 0 saturated heterocycles. The van der Waals surface area contributed by atoms with Crippen molar-refractivity contribution in [1.29, 1.82) is 0 Å². The summed E-state index contributed by atoms with van der Waals surface area (Å²) in [5, 5.41) is 0. The van der Waals surface area contributed by atoms with Crippen LogP contribution in [0.2, 0.25) is 0 Å². The SMILES string of the molecule is Cc1[nH]c(=O)c(C(C)(C)C)cc1C(C)(C)C.Cc1c(C(C)(C)C)c[nH]c(=O)c1C(C)(C)C. The third-order valence-corrected chi connectivity index (χ3v) is 5.77. The van der Waals surface area contributed by atoms with Crippen molar-refractivity contribution >= 4 is 0 Å². The Labute approximate surface area is 195 Å². The van der Waals surface area contributed by atoms with Crippen molar-refractivity contribution in [2.45, 2.75) is 119 Å². The molecule has 4 nitrogen and oxygen atoms in total. The van der Waals surface area contributed by atoms with E-state index in [2.05, 4.69) is 106 Å². The third kappa shape index (κ3) is 6.70. The van der Waals surface area contributed by atoms with Gasteiger partial charge in [-0.25, -0.2) is 0 Å². The summed E-state index contributed by atoms with van der Waals surface area (Å²) in [6, 6.07) is 2.06. The average molecular weight is 443 g/mol. The molecule has 2 aromatic heterocycles. The zero-order chi connectivity index (χ0) is 25.4. The summed E-state index contributed by atoms with van der Waals surface area (Å²) in [6.07, 6.45) is 1.85. The van der Waals surface area contributed by atoms with Crippen molar-refractivity contribution in [3.63, 3.8) is 0 Å². The van der Waals surface area contributed by atoms with Gasteiger partial charge in [0.05, 0.1) is 0 Å². The minimum atomic E-state index is -0.112. The van der Waals surface area contributed by atoms with Crippen LogP contribution in [0.1, 0.15) is 117 Å². The van der Waals surface area contributed by atoms with E-state index in [0.717, 1.165) is 22.4 Å². The zero-order valence-electron chi connectivity index (χ0n) is 23.0. The lowest BCUT2D eigenvalue weighted by Gasteiger charge is -2.27. The number of pyridine rings is 2. The highest BCUT2D eigenvalue weighted by molar-refractivity contribution is 5.38. The van der Waals surface area contributed by atoms with Crippen LogP contribution >= 0.6 is 0 Å². The van der Waals surface area contributed by atoms with Gasteiger partial charge < -0.3 is 9.97 Å². The first-order valence-electron chi connectivity index (χ1n) is 11.6. The van der Waals surface area contributed by atoms with Crippen molar-refractivity contribution < 1.29 is 0 Å². The van der Waals surface area contributed by atoms with Gasteiger partial charge in [0.1, 0.15) is 0 Å². The number of hydrogen-bond acceptors (Lipinski definition) is 2. The van der Waals surface area contributed by atoms with Gasteiger partial charge in [0, 0.05) is 23.0 Å². The largest absolute Gasteiger partial charge is 0.329 e. The van der Waals surface area contributed by atoms with Gasteiger partial charge in [0.2, 0.25) is 0 Å². The van der Waals surface area contributed by atoms with Crippen LogP contribution in [-0.2, 0) is 21.7 Å².